The van der Waals surface area contributed by atoms with Gasteiger partial charge in [-0.05, 0) is 68.1 Å². The summed E-state index contributed by atoms with van der Waals surface area (Å²) in [4.78, 5) is 26.2. The number of aryl methyl sites for hydroxylation is 1. The Labute approximate surface area is 173 Å². The lowest BCUT2D eigenvalue weighted by atomic mass is 9.97. The summed E-state index contributed by atoms with van der Waals surface area (Å²) in [5.41, 5.74) is 8.02. The van der Waals surface area contributed by atoms with Crippen LogP contribution in [0.15, 0.2) is 17.1 Å². The maximum absolute atomic E-state index is 15.2. The van der Waals surface area contributed by atoms with Gasteiger partial charge in [0.25, 0.3) is 5.56 Å². The van der Waals surface area contributed by atoms with Crippen molar-refractivity contribution in [2.24, 2.45) is 11.7 Å². The van der Waals surface area contributed by atoms with Gasteiger partial charge in [-0.15, -0.1) is 12.4 Å². The Morgan fingerprint density at radius 3 is 2.59 bits per heavy atom. The van der Waals surface area contributed by atoms with E-state index >= 15 is 4.39 Å². The maximum atomic E-state index is 15.2. The lowest BCUT2D eigenvalue weighted by Gasteiger charge is -2.25. The van der Waals surface area contributed by atoms with E-state index in [1.165, 1.54) is 16.7 Å². The van der Waals surface area contributed by atoms with E-state index < -0.39 is 17.3 Å². The van der Waals surface area contributed by atoms with Gasteiger partial charge in [0.2, 0.25) is 0 Å². The Bertz CT molecular complexity index is 1080. The molecule has 2 aliphatic carbocycles. The third-order valence-electron chi connectivity index (χ3n) is 6.83. The average molecular weight is 422 g/mol. The number of anilines is 1. The first-order valence-corrected chi connectivity index (χ1v) is 9.95. The van der Waals surface area contributed by atoms with Crippen LogP contribution in [0.5, 0.6) is 0 Å². The van der Waals surface area contributed by atoms with Gasteiger partial charge in [-0.25, -0.2) is 9.18 Å². The first kappa shape index (κ1) is 20.2. The van der Waals surface area contributed by atoms with Crippen LogP contribution < -0.4 is 16.2 Å². The number of hydrogen-bond donors (Lipinski definition) is 2. The molecule has 1 saturated heterocycles. The highest BCUT2D eigenvalue weighted by Crippen LogP contribution is 2.46. The summed E-state index contributed by atoms with van der Waals surface area (Å²) in [5.74, 6) is -1.17. The zero-order valence-electron chi connectivity index (χ0n) is 16.3. The molecule has 3 aliphatic rings. The lowest BCUT2D eigenvalue weighted by molar-refractivity contribution is 0.0694. The zero-order chi connectivity index (χ0) is 19.8. The van der Waals surface area contributed by atoms with Crippen LogP contribution in [0.4, 0.5) is 10.1 Å². The largest absolute Gasteiger partial charge is 0.477 e. The van der Waals surface area contributed by atoms with Crippen molar-refractivity contribution in [3.05, 3.63) is 45.1 Å². The minimum atomic E-state index is -1.27. The molecular formula is C21H25ClFN3O3. The summed E-state index contributed by atoms with van der Waals surface area (Å²) >= 11 is 0. The lowest BCUT2D eigenvalue weighted by Crippen LogP contribution is -2.35. The molecule has 0 aromatic carbocycles. The SMILES string of the molecule is Cc1c(N2CC[C@@H](C3(N)CC3)C2)c(F)cn2c(=O)c(C(=O)O)cc(C3CC3)c12.Cl. The van der Waals surface area contributed by atoms with Crippen LogP contribution >= 0.6 is 12.4 Å². The number of carbonyl (C=O) groups is 1. The van der Waals surface area contributed by atoms with Crippen molar-refractivity contribution in [1.29, 1.82) is 0 Å². The second-order valence-electron chi connectivity index (χ2n) is 8.73. The van der Waals surface area contributed by atoms with Crippen molar-refractivity contribution in [2.45, 2.75) is 50.5 Å². The summed E-state index contributed by atoms with van der Waals surface area (Å²) in [6.07, 6.45) is 6.09. The molecule has 0 spiro atoms. The molecule has 156 valence electrons. The van der Waals surface area contributed by atoms with E-state index in [-0.39, 0.29) is 29.4 Å². The number of rotatable bonds is 4. The molecule has 29 heavy (non-hydrogen) atoms. The number of nitrogens with two attached hydrogens (primary N) is 1. The van der Waals surface area contributed by atoms with Crippen molar-refractivity contribution in [3.63, 3.8) is 0 Å². The van der Waals surface area contributed by atoms with E-state index in [1.807, 2.05) is 6.92 Å². The third-order valence-corrected chi connectivity index (χ3v) is 6.83. The van der Waals surface area contributed by atoms with E-state index in [9.17, 15) is 14.7 Å². The molecule has 3 N–H and O–H groups in total. The molecule has 3 heterocycles. The molecule has 1 atom stereocenters. The van der Waals surface area contributed by atoms with Gasteiger partial charge in [0.15, 0.2) is 5.82 Å². The van der Waals surface area contributed by atoms with Gasteiger partial charge in [-0.2, -0.15) is 0 Å². The van der Waals surface area contributed by atoms with Gasteiger partial charge in [0.05, 0.1) is 17.4 Å². The topological polar surface area (TPSA) is 88.0 Å². The highest BCUT2D eigenvalue weighted by molar-refractivity contribution is 5.89. The molecule has 2 aromatic heterocycles. The Kier molecular flexibility index (Phi) is 4.66. The van der Waals surface area contributed by atoms with Crippen molar-refractivity contribution in [2.75, 3.05) is 18.0 Å². The van der Waals surface area contributed by atoms with Crippen molar-refractivity contribution in [1.82, 2.24) is 4.40 Å². The average Bonchev–Trinajstić information content (AvgIpc) is 3.56. The van der Waals surface area contributed by atoms with Crippen LogP contribution in [-0.4, -0.2) is 34.1 Å². The quantitative estimate of drug-likeness (QED) is 0.792. The summed E-state index contributed by atoms with van der Waals surface area (Å²) in [7, 11) is 0. The fourth-order valence-corrected chi connectivity index (χ4v) is 4.87. The van der Waals surface area contributed by atoms with Gasteiger partial charge in [-0.1, -0.05) is 0 Å². The highest BCUT2D eigenvalue weighted by Gasteiger charge is 2.48. The molecule has 1 aliphatic heterocycles. The van der Waals surface area contributed by atoms with Crippen molar-refractivity contribution in [3.8, 4) is 0 Å². The highest BCUT2D eigenvalue weighted by atomic mass is 35.5. The number of carboxylic acids is 1. The minimum absolute atomic E-state index is 0. The molecule has 0 amide bonds. The Hall–Kier alpha value is -2.12. The summed E-state index contributed by atoms with van der Waals surface area (Å²) < 4.78 is 16.4. The van der Waals surface area contributed by atoms with Crippen LogP contribution in [-0.2, 0) is 0 Å². The van der Waals surface area contributed by atoms with E-state index in [0.29, 0.717) is 22.7 Å². The second-order valence-corrected chi connectivity index (χ2v) is 8.73. The normalized spacial score (nSPS) is 22.6. The number of aromatic nitrogens is 1. The summed E-state index contributed by atoms with van der Waals surface area (Å²) in [6, 6.07) is 1.50. The fraction of sp³-hybridized carbons (Fsp3) is 0.524. The first-order valence-electron chi connectivity index (χ1n) is 9.95. The van der Waals surface area contributed by atoms with Gasteiger partial charge in [0.1, 0.15) is 5.56 Å². The monoisotopic (exact) mass is 421 g/mol. The molecule has 0 bridgehead atoms. The molecule has 8 heteroatoms. The van der Waals surface area contributed by atoms with Gasteiger partial charge in [0, 0.05) is 18.6 Å². The van der Waals surface area contributed by atoms with E-state index in [0.717, 1.165) is 50.8 Å². The van der Waals surface area contributed by atoms with Crippen LogP contribution in [0.2, 0.25) is 0 Å². The van der Waals surface area contributed by atoms with E-state index in [1.54, 1.807) is 0 Å². The van der Waals surface area contributed by atoms with Gasteiger partial charge < -0.3 is 15.7 Å². The van der Waals surface area contributed by atoms with E-state index in [4.69, 9.17) is 5.73 Å². The predicted molar refractivity (Wildman–Crippen MR) is 111 cm³/mol. The minimum Gasteiger partial charge on any atom is -0.477 e. The number of nitrogens with zero attached hydrogens (tertiary/aromatic N) is 2. The number of aromatic carboxylic acids is 1. The Morgan fingerprint density at radius 2 is 2.00 bits per heavy atom. The number of carboxylic acid groups (broad SMARTS) is 1. The number of hydrogen-bond acceptors (Lipinski definition) is 4. The molecule has 2 saturated carbocycles. The molecule has 0 radical (unpaired) electrons. The Morgan fingerprint density at radius 1 is 1.31 bits per heavy atom. The molecule has 2 aromatic rings. The summed E-state index contributed by atoms with van der Waals surface area (Å²) in [6.45, 7) is 3.30. The standard InChI is InChI=1S/C21H24FN3O3.ClH/c1-11-17-14(12-2-3-12)8-15(20(27)28)19(26)25(17)10-16(22)18(11)24-7-4-13(9-24)21(23)5-6-21;/h8,10,12-13H,2-7,9,23H2,1H3,(H,27,28);1H/t13-;/m1./s1. The molecule has 3 fully saturated rings. The fourth-order valence-electron chi connectivity index (χ4n) is 4.87. The molecular weight excluding hydrogens is 397 g/mol. The van der Waals surface area contributed by atoms with Crippen LogP contribution in [0.3, 0.4) is 0 Å². The number of fused-ring (bicyclic) bond motifs is 1. The van der Waals surface area contributed by atoms with Gasteiger partial charge in [-0.3, -0.25) is 9.20 Å². The maximum Gasteiger partial charge on any atom is 0.341 e. The van der Waals surface area contributed by atoms with Crippen LogP contribution in [0, 0.1) is 18.7 Å². The molecule has 6 nitrogen and oxygen atoms in total. The smallest absolute Gasteiger partial charge is 0.341 e. The summed E-state index contributed by atoms with van der Waals surface area (Å²) in [5, 5.41) is 9.40. The zero-order valence-corrected chi connectivity index (χ0v) is 17.1. The van der Waals surface area contributed by atoms with Crippen molar-refractivity contribution < 1.29 is 14.3 Å². The van der Waals surface area contributed by atoms with Crippen molar-refractivity contribution >= 4 is 29.6 Å². The van der Waals surface area contributed by atoms with E-state index in [2.05, 4.69) is 4.90 Å². The second kappa shape index (κ2) is 6.71. The van der Waals surface area contributed by atoms with Gasteiger partial charge >= 0.3 is 5.97 Å². The Balaban J connectivity index is 0.00000205. The number of halogens is 2. The van der Waals surface area contributed by atoms with Crippen LogP contribution in [0.1, 0.15) is 59.5 Å². The van der Waals surface area contributed by atoms with Crippen LogP contribution in [0.25, 0.3) is 5.52 Å². The molecule has 5 rings (SSSR count). The number of pyridine rings is 2. The predicted octanol–water partition coefficient (Wildman–Crippen LogP) is 3.06. The first-order chi connectivity index (χ1) is 13.3. The third kappa shape index (κ3) is 3.11. The molecule has 0 unspecified atom stereocenters.